The van der Waals surface area contributed by atoms with E-state index in [1.165, 1.54) is 16.3 Å². The molecular formula is C14H15BrO. The molecule has 0 spiro atoms. The molecule has 16 heavy (non-hydrogen) atoms. The van der Waals surface area contributed by atoms with Crippen LogP contribution in [0.1, 0.15) is 19.4 Å². The van der Waals surface area contributed by atoms with Gasteiger partial charge in [0, 0.05) is 10.9 Å². The third-order valence-electron chi connectivity index (χ3n) is 2.49. The van der Waals surface area contributed by atoms with Crippen LogP contribution in [0.2, 0.25) is 0 Å². The van der Waals surface area contributed by atoms with Crippen LogP contribution < -0.4 is 4.74 Å². The van der Waals surface area contributed by atoms with Crippen LogP contribution in [0.25, 0.3) is 10.8 Å². The number of hydrogen-bond donors (Lipinski definition) is 0. The summed E-state index contributed by atoms with van der Waals surface area (Å²) in [5, 5.41) is 3.33. The average Bonchev–Trinajstić information content (AvgIpc) is 2.28. The van der Waals surface area contributed by atoms with Crippen molar-refractivity contribution in [2.45, 2.75) is 25.3 Å². The van der Waals surface area contributed by atoms with Crippen molar-refractivity contribution >= 4 is 26.7 Å². The molecule has 0 heterocycles. The summed E-state index contributed by atoms with van der Waals surface area (Å²) in [4.78, 5) is 0. The predicted molar refractivity (Wildman–Crippen MR) is 72.3 cm³/mol. The Kier molecular flexibility index (Phi) is 3.49. The minimum atomic E-state index is 0.207. The van der Waals surface area contributed by atoms with Crippen molar-refractivity contribution in [3.63, 3.8) is 0 Å². The predicted octanol–water partition coefficient (Wildman–Crippen LogP) is 4.52. The zero-order valence-corrected chi connectivity index (χ0v) is 11.1. The molecule has 2 rings (SSSR count). The molecule has 0 aromatic heterocycles. The van der Waals surface area contributed by atoms with Crippen LogP contribution in [-0.2, 0) is 5.33 Å². The molecule has 0 aliphatic carbocycles. The second-order valence-electron chi connectivity index (χ2n) is 4.06. The van der Waals surface area contributed by atoms with Gasteiger partial charge in [-0.15, -0.1) is 0 Å². The lowest BCUT2D eigenvalue weighted by molar-refractivity contribution is 0.241. The molecule has 84 valence electrons. The lowest BCUT2D eigenvalue weighted by Gasteiger charge is -2.15. The quantitative estimate of drug-likeness (QED) is 0.750. The number of benzene rings is 2. The van der Waals surface area contributed by atoms with Crippen LogP contribution >= 0.6 is 15.9 Å². The molecular weight excluding hydrogens is 264 g/mol. The maximum atomic E-state index is 5.81. The molecule has 0 saturated heterocycles. The molecule has 0 N–H and O–H groups in total. The van der Waals surface area contributed by atoms with Crippen molar-refractivity contribution in [3.05, 3.63) is 42.0 Å². The monoisotopic (exact) mass is 278 g/mol. The molecule has 0 aliphatic rings. The molecule has 0 saturated carbocycles. The summed E-state index contributed by atoms with van der Waals surface area (Å²) in [6.07, 6.45) is 0.207. The van der Waals surface area contributed by atoms with Gasteiger partial charge in [0.25, 0.3) is 0 Å². The number of fused-ring (bicyclic) bond motifs is 1. The Balaban J connectivity index is 2.58. The Morgan fingerprint density at radius 2 is 1.88 bits per heavy atom. The molecule has 0 unspecified atom stereocenters. The molecule has 0 radical (unpaired) electrons. The van der Waals surface area contributed by atoms with Crippen LogP contribution in [0.15, 0.2) is 36.4 Å². The van der Waals surface area contributed by atoms with E-state index in [0.717, 1.165) is 11.1 Å². The summed E-state index contributed by atoms with van der Waals surface area (Å²) >= 11 is 3.54. The van der Waals surface area contributed by atoms with Gasteiger partial charge >= 0.3 is 0 Å². The van der Waals surface area contributed by atoms with Crippen LogP contribution in [0.4, 0.5) is 0 Å². The van der Waals surface area contributed by atoms with Gasteiger partial charge in [-0.1, -0.05) is 46.3 Å². The first-order valence-corrected chi connectivity index (χ1v) is 6.57. The molecule has 0 aliphatic heterocycles. The van der Waals surface area contributed by atoms with E-state index in [1.807, 2.05) is 13.8 Å². The van der Waals surface area contributed by atoms with Crippen molar-refractivity contribution in [1.29, 1.82) is 0 Å². The maximum absolute atomic E-state index is 5.81. The topological polar surface area (TPSA) is 9.23 Å². The molecule has 2 heteroatoms. The summed E-state index contributed by atoms with van der Waals surface area (Å²) in [7, 11) is 0. The highest BCUT2D eigenvalue weighted by atomic mass is 79.9. The van der Waals surface area contributed by atoms with E-state index in [4.69, 9.17) is 4.74 Å². The highest BCUT2D eigenvalue weighted by Gasteiger charge is 2.08. The Morgan fingerprint density at radius 3 is 2.56 bits per heavy atom. The Hall–Kier alpha value is -1.02. The van der Waals surface area contributed by atoms with Crippen LogP contribution in [0, 0.1) is 0 Å². The van der Waals surface area contributed by atoms with Gasteiger partial charge in [-0.3, -0.25) is 0 Å². The Bertz CT molecular complexity index is 491. The number of ether oxygens (including phenoxy) is 1. The molecule has 1 nitrogen and oxygen atoms in total. The van der Waals surface area contributed by atoms with Gasteiger partial charge in [-0.05, 0) is 30.7 Å². The number of halogens is 1. The molecule has 0 amide bonds. The zero-order chi connectivity index (χ0) is 11.5. The highest BCUT2D eigenvalue weighted by molar-refractivity contribution is 9.08. The Labute approximate surface area is 105 Å². The van der Waals surface area contributed by atoms with E-state index in [9.17, 15) is 0 Å². The third-order valence-corrected chi connectivity index (χ3v) is 3.05. The summed E-state index contributed by atoms with van der Waals surface area (Å²) < 4.78 is 5.81. The fraction of sp³-hybridized carbons (Fsp3) is 0.286. The van der Waals surface area contributed by atoms with E-state index < -0.39 is 0 Å². The highest BCUT2D eigenvalue weighted by Crippen LogP contribution is 2.30. The van der Waals surface area contributed by atoms with Gasteiger partial charge in [0.15, 0.2) is 0 Å². The second kappa shape index (κ2) is 4.88. The smallest absolute Gasteiger partial charge is 0.124 e. The van der Waals surface area contributed by atoms with Gasteiger partial charge in [0.2, 0.25) is 0 Å². The van der Waals surface area contributed by atoms with Crippen LogP contribution in [0.5, 0.6) is 5.75 Å². The molecule has 0 atom stereocenters. The fourth-order valence-electron chi connectivity index (χ4n) is 1.82. The lowest BCUT2D eigenvalue weighted by Crippen LogP contribution is -2.07. The average molecular weight is 279 g/mol. The number of hydrogen-bond acceptors (Lipinski definition) is 1. The van der Waals surface area contributed by atoms with Crippen molar-refractivity contribution in [1.82, 2.24) is 0 Å². The van der Waals surface area contributed by atoms with E-state index in [1.54, 1.807) is 0 Å². The number of rotatable bonds is 3. The largest absolute Gasteiger partial charge is 0.491 e. The summed E-state index contributed by atoms with van der Waals surface area (Å²) in [6.45, 7) is 4.10. The van der Waals surface area contributed by atoms with Crippen molar-refractivity contribution < 1.29 is 4.74 Å². The van der Waals surface area contributed by atoms with Gasteiger partial charge in [-0.25, -0.2) is 0 Å². The van der Waals surface area contributed by atoms with Crippen LogP contribution in [-0.4, -0.2) is 6.10 Å². The van der Waals surface area contributed by atoms with E-state index in [0.29, 0.717) is 0 Å². The van der Waals surface area contributed by atoms with Gasteiger partial charge in [0.05, 0.1) is 6.10 Å². The third kappa shape index (κ3) is 2.22. The van der Waals surface area contributed by atoms with E-state index in [-0.39, 0.29) is 6.10 Å². The SMILES string of the molecule is CC(C)Oc1ccc2ccccc2c1CBr. The standard InChI is InChI=1S/C14H15BrO/c1-10(2)16-14-8-7-11-5-3-4-6-12(11)13(14)9-15/h3-8,10H,9H2,1-2H3. The molecule has 0 bridgehead atoms. The lowest BCUT2D eigenvalue weighted by atomic mass is 10.0. The maximum Gasteiger partial charge on any atom is 0.124 e. The molecule has 2 aromatic carbocycles. The van der Waals surface area contributed by atoms with Crippen LogP contribution in [0.3, 0.4) is 0 Å². The molecule has 2 aromatic rings. The number of alkyl halides is 1. The summed E-state index contributed by atoms with van der Waals surface area (Å²) in [5.74, 6) is 0.977. The first-order valence-electron chi connectivity index (χ1n) is 5.45. The fourth-order valence-corrected chi connectivity index (χ4v) is 2.40. The Morgan fingerprint density at radius 1 is 1.12 bits per heavy atom. The summed E-state index contributed by atoms with van der Waals surface area (Å²) in [6, 6.07) is 12.6. The van der Waals surface area contributed by atoms with Crippen molar-refractivity contribution in [2.24, 2.45) is 0 Å². The minimum Gasteiger partial charge on any atom is -0.491 e. The van der Waals surface area contributed by atoms with Gasteiger partial charge < -0.3 is 4.74 Å². The zero-order valence-electron chi connectivity index (χ0n) is 9.53. The minimum absolute atomic E-state index is 0.207. The second-order valence-corrected chi connectivity index (χ2v) is 4.62. The molecule has 0 fully saturated rings. The first kappa shape index (κ1) is 11.5. The van der Waals surface area contributed by atoms with Gasteiger partial charge in [0.1, 0.15) is 5.75 Å². The van der Waals surface area contributed by atoms with Crippen molar-refractivity contribution in [2.75, 3.05) is 0 Å². The first-order chi connectivity index (χ1) is 7.72. The van der Waals surface area contributed by atoms with E-state index >= 15 is 0 Å². The van der Waals surface area contributed by atoms with E-state index in [2.05, 4.69) is 52.3 Å². The van der Waals surface area contributed by atoms with Gasteiger partial charge in [-0.2, -0.15) is 0 Å². The van der Waals surface area contributed by atoms with Crippen molar-refractivity contribution in [3.8, 4) is 5.75 Å². The normalized spacial score (nSPS) is 11.0. The summed E-state index contributed by atoms with van der Waals surface area (Å²) in [5.41, 5.74) is 1.23.